The summed E-state index contributed by atoms with van der Waals surface area (Å²) in [5.74, 6) is 3.92. The molecule has 0 saturated heterocycles. The summed E-state index contributed by atoms with van der Waals surface area (Å²) in [6.45, 7) is 21.3. The van der Waals surface area contributed by atoms with E-state index in [2.05, 4.69) is 59.4 Å². The molecule has 7 unspecified atom stereocenters. The van der Waals surface area contributed by atoms with Crippen molar-refractivity contribution in [2.75, 3.05) is 0 Å². The molecule has 5 aliphatic carbocycles. The summed E-state index contributed by atoms with van der Waals surface area (Å²) >= 11 is 0. The Morgan fingerprint density at radius 1 is 1.00 bits per heavy atom. The maximum Gasteiger partial charge on any atom is 0.0991 e. The van der Waals surface area contributed by atoms with Crippen LogP contribution in [0.25, 0.3) is 0 Å². The second-order valence-corrected chi connectivity index (χ2v) is 13.2. The number of rotatable bonds is 0. The third-order valence-electron chi connectivity index (χ3n) is 10.8. The molecule has 5 aliphatic rings. The lowest BCUT2D eigenvalue weighted by Gasteiger charge is -2.62. The molecule has 31 heavy (non-hydrogen) atoms. The van der Waals surface area contributed by atoms with Crippen LogP contribution in [0.1, 0.15) is 79.6 Å². The maximum atomic E-state index is 9.83. The zero-order valence-electron chi connectivity index (χ0n) is 20.4. The van der Waals surface area contributed by atoms with Crippen molar-refractivity contribution in [2.45, 2.75) is 79.6 Å². The van der Waals surface area contributed by atoms with E-state index in [1.165, 1.54) is 50.5 Å². The molecule has 0 radical (unpaired) electrons. The Bertz CT molecular complexity index is 934. The smallest absolute Gasteiger partial charge is 0.0991 e. The zero-order chi connectivity index (χ0) is 22.3. The summed E-state index contributed by atoms with van der Waals surface area (Å²) in [6.07, 6.45) is 14.3. The van der Waals surface area contributed by atoms with Crippen molar-refractivity contribution in [3.63, 3.8) is 0 Å². The van der Waals surface area contributed by atoms with E-state index in [0.717, 1.165) is 23.0 Å². The second kappa shape index (κ2) is 6.73. The number of nitriles is 1. The standard InChI is InChI=1S/C30H41N/c1-18-14-22-23-15-21(17-31)19(2)29(5,6)25(23)8-9-26(22)30(7)13-11-20-10-12-28(3,4)16-24(20)27(18)30/h14-15,20,23-27H,1-2,8-13,16H2,3-7H3. The highest BCUT2D eigenvalue weighted by atomic mass is 14.6. The molecule has 0 spiro atoms. The Labute approximate surface area is 190 Å². The molecule has 5 rings (SSSR count). The molecule has 0 heterocycles. The van der Waals surface area contributed by atoms with Crippen molar-refractivity contribution < 1.29 is 0 Å². The Morgan fingerprint density at radius 3 is 2.42 bits per heavy atom. The van der Waals surface area contributed by atoms with E-state index in [1.807, 2.05) is 0 Å². The van der Waals surface area contributed by atoms with Gasteiger partial charge in [-0.05, 0) is 96.4 Å². The number of hydrogen-bond acceptors (Lipinski definition) is 1. The zero-order valence-corrected chi connectivity index (χ0v) is 20.4. The van der Waals surface area contributed by atoms with Crippen molar-refractivity contribution in [1.82, 2.24) is 0 Å². The Morgan fingerprint density at radius 2 is 1.71 bits per heavy atom. The lowest BCUT2D eigenvalue weighted by molar-refractivity contribution is -0.0582. The predicted octanol–water partition coefficient (Wildman–Crippen LogP) is 8.03. The van der Waals surface area contributed by atoms with Crippen LogP contribution in [0.2, 0.25) is 0 Å². The summed E-state index contributed by atoms with van der Waals surface area (Å²) in [7, 11) is 0. The molecule has 0 N–H and O–H groups in total. The van der Waals surface area contributed by atoms with Gasteiger partial charge in [-0.15, -0.1) is 0 Å². The molecule has 0 aromatic carbocycles. The largest absolute Gasteiger partial charge is 0.192 e. The highest BCUT2D eigenvalue weighted by Gasteiger charge is 2.58. The minimum atomic E-state index is -0.0135. The van der Waals surface area contributed by atoms with Crippen molar-refractivity contribution in [2.24, 2.45) is 51.8 Å². The Balaban J connectivity index is 1.58. The normalized spacial score (nSPS) is 45.2. The summed E-state index contributed by atoms with van der Waals surface area (Å²) in [5, 5.41) is 9.83. The first-order valence-corrected chi connectivity index (χ1v) is 12.7. The predicted molar refractivity (Wildman–Crippen MR) is 129 cm³/mol. The summed E-state index contributed by atoms with van der Waals surface area (Å²) in [4.78, 5) is 0. The van der Waals surface area contributed by atoms with E-state index in [1.54, 1.807) is 5.57 Å². The fourth-order valence-electron chi connectivity index (χ4n) is 9.02. The molecular weight excluding hydrogens is 374 g/mol. The molecule has 3 saturated carbocycles. The molecule has 1 heteroatoms. The molecular formula is C30H41N. The summed E-state index contributed by atoms with van der Waals surface area (Å²) < 4.78 is 0. The molecule has 0 aromatic rings. The third kappa shape index (κ3) is 2.93. The fraction of sp³-hybridized carbons (Fsp3) is 0.700. The molecule has 0 bridgehead atoms. The van der Waals surface area contributed by atoms with Gasteiger partial charge < -0.3 is 0 Å². The molecule has 1 nitrogen and oxygen atoms in total. The number of hydrogen-bond donors (Lipinski definition) is 0. The lowest BCUT2D eigenvalue weighted by atomic mass is 9.42. The lowest BCUT2D eigenvalue weighted by Crippen LogP contribution is -2.54. The van der Waals surface area contributed by atoms with Gasteiger partial charge in [0.15, 0.2) is 0 Å². The van der Waals surface area contributed by atoms with Crippen LogP contribution in [0, 0.1) is 63.1 Å². The highest BCUT2D eigenvalue weighted by Crippen LogP contribution is 2.67. The average molecular weight is 416 g/mol. The van der Waals surface area contributed by atoms with E-state index in [9.17, 15) is 5.26 Å². The maximum absolute atomic E-state index is 9.83. The minimum Gasteiger partial charge on any atom is -0.192 e. The van der Waals surface area contributed by atoms with Crippen molar-refractivity contribution in [3.8, 4) is 6.07 Å². The molecule has 0 aromatic heterocycles. The van der Waals surface area contributed by atoms with Crippen LogP contribution in [-0.4, -0.2) is 0 Å². The fourth-order valence-corrected chi connectivity index (χ4v) is 9.02. The van der Waals surface area contributed by atoms with Gasteiger partial charge in [-0.1, -0.05) is 71.1 Å². The van der Waals surface area contributed by atoms with E-state index in [-0.39, 0.29) is 5.41 Å². The van der Waals surface area contributed by atoms with Crippen LogP contribution in [0.4, 0.5) is 0 Å². The van der Waals surface area contributed by atoms with Gasteiger partial charge in [-0.25, -0.2) is 0 Å². The van der Waals surface area contributed by atoms with Gasteiger partial charge in [-0.2, -0.15) is 5.26 Å². The third-order valence-corrected chi connectivity index (χ3v) is 10.8. The Kier molecular flexibility index (Phi) is 4.62. The molecule has 0 aliphatic heterocycles. The van der Waals surface area contributed by atoms with Gasteiger partial charge >= 0.3 is 0 Å². The van der Waals surface area contributed by atoms with Gasteiger partial charge in [0, 0.05) is 5.92 Å². The van der Waals surface area contributed by atoms with Gasteiger partial charge in [0.1, 0.15) is 0 Å². The molecule has 0 amide bonds. The van der Waals surface area contributed by atoms with Crippen LogP contribution >= 0.6 is 0 Å². The molecule has 7 atom stereocenters. The van der Waals surface area contributed by atoms with E-state index >= 15 is 0 Å². The first kappa shape index (κ1) is 21.3. The van der Waals surface area contributed by atoms with Crippen LogP contribution in [0.3, 0.4) is 0 Å². The van der Waals surface area contributed by atoms with Crippen molar-refractivity contribution in [3.05, 3.63) is 47.6 Å². The first-order chi connectivity index (χ1) is 14.5. The van der Waals surface area contributed by atoms with Gasteiger partial charge in [-0.3, -0.25) is 0 Å². The van der Waals surface area contributed by atoms with Crippen molar-refractivity contribution >= 4 is 0 Å². The van der Waals surface area contributed by atoms with Crippen LogP contribution in [0.15, 0.2) is 47.6 Å². The first-order valence-electron chi connectivity index (χ1n) is 12.7. The van der Waals surface area contributed by atoms with Gasteiger partial charge in [0.05, 0.1) is 11.6 Å². The Hall–Kier alpha value is -1.55. The highest BCUT2D eigenvalue weighted by molar-refractivity contribution is 5.51. The summed E-state index contributed by atoms with van der Waals surface area (Å²) in [6, 6.07) is 2.47. The van der Waals surface area contributed by atoms with E-state index in [4.69, 9.17) is 6.58 Å². The average Bonchev–Trinajstić information content (AvgIpc) is 2.69. The van der Waals surface area contributed by atoms with Gasteiger partial charge in [0.25, 0.3) is 0 Å². The van der Waals surface area contributed by atoms with Crippen molar-refractivity contribution in [1.29, 1.82) is 5.26 Å². The number of nitrogens with zero attached hydrogens (tertiary/aromatic N) is 1. The molecule has 166 valence electrons. The van der Waals surface area contributed by atoms with E-state index in [0.29, 0.717) is 34.5 Å². The monoisotopic (exact) mass is 415 g/mol. The van der Waals surface area contributed by atoms with Gasteiger partial charge in [0.2, 0.25) is 0 Å². The van der Waals surface area contributed by atoms with Crippen LogP contribution in [-0.2, 0) is 0 Å². The number of allylic oxidation sites excluding steroid dienone is 6. The van der Waals surface area contributed by atoms with Crippen LogP contribution < -0.4 is 0 Å². The topological polar surface area (TPSA) is 23.8 Å². The van der Waals surface area contributed by atoms with E-state index < -0.39 is 0 Å². The second-order valence-electron chi connectivity index (χ2n) is 13.2. The summed E-state index contributed by atoms with van der Waals surface area (Å²) in [5.41, 5.74) is 5.65. The minimum absolute atomic E-state index is 0.0135. The van der Waals surface area contributed by atoms with Crippen LogP contribution in [0.5, 0.6) is 0 Å². The quantitative estimate of drug-likeness (QED) is 0.393. The SMILES string of the molecule is C=C1C=C2C3C=C(C#N)C(=C)C(C)(C)C3CCC2C2(C)CCC3CCC(C)(C)CC3C12. The number of fused-ring (bicyclic) bond motifs is 7. The molecule has 3 fully saturated rings.